The summed E-state index contributed by atoms with van der Waals surface area (Å²) in [6.07, 6.45) is 0.991. The van der Waals surface area contributed by atoms with Crippen molar-refractivity contribution in [2.24, 2.45) is 0 Å². The van der Waals surface area contributed by atoms with Crippen molar-refractivity contribution >= 4 is 26.0 Å². The maximum absolute atomic E-state index is 12.5. The van der Waals surface area contributed by atoms with Crippen molar-refractivity contribution in [3.63, 3.8) is 0 Å². The molecule has 0 atom stereocenters. The molecule has 5 nitrogen and oxygen atoms in total. The topological polar surface area (TPSA) is 75.6 Å². The number of methoxy groups -OCH3 is 1. The second-order valence-electron chi connectivity index (χ2n) is 4.55. The van der Waals surface area contributed by atoms with E-state index in [9.17, 15) is 13.5 Å². The van der Waals surface area contributed by atoms with Crippen LogP contribution in [0.25, 0.3) is 0 Å². The Morgan fingerprint density at radius 3 is 2.40 bits per heavy atom. The van der Waals surface area contributed by atoms with Crippen molar-refractivity contribution in [2.45, 2.75) is 37.1 Å². The summed E-state index contributed by atoms with van der Waals surface area (Å²) in [6, 6.07) is 4.77. The van der Waals surface area contributed by atoms with Crippen molar-refractivity contribution in [1.82, 2.24) is 4.72 Å². The first-order valence-electron chi connectivity index (χ1n) is 6.32. The summed E-state index contributed by atoms with van der Waals surface area (Å²) in [6.45, 7) is 3.41. The van der Waals surface area contributed by atoms with E-state index in [4.69, 9.17) is 4.74 Å². The minimum Gasteiger partial charge on any atom is -0.495 e. The van der Waals surface area contributed by atoms with E-state index >= 15 is 0 Å². The van der Waals surface area contributed by atoms with Gasteiger partial charge in [0.25, 0.3) is 0 Å². The number of rotatable bonds is 7. The van der Waals surface area contributed by atoms with Crippen LogP contribution >= 0.6 is 15.9 Å². The summed E-state index contributed by atoms with van der Waals surface area (Å²) in [5, 5.41) is 9.50. The van der Waals surface area contributed by atoms with Gasteiger partial charge in [0, 0.05) is 4.47 Å². The SMILES string of the molecule is CCC(CC)(CO)NS(=O)(=O)c1cc(Br)ccc1OC. The van der Waals surface area contributed by atoms with Gasteiger partial charge >= 0.3 is 0 Å². The third-order valence-electron chi connectivity index (χ3n) is 3.42. The van der Waals surface area contributed by atoms with Crippen LogP contribution in [0.15, 0.2) is 27.6 Å². The molecule has 0 spiro atoms. The maximum atomic E-state index is 12.5. The monoisotopic (exact) mass is 365 g/mol. The van der Waals surface area contributed by atoms with Gasteiger partial charge in [0.1, 0.15) is 10.6 Å². The molecule has 0 fully saturated rings. The molecule has 0 aliphatic rings. The van der Waals surface area contributed by atoms with Crippen LogP contribution in [0.5, 0.6) is 5.75 Å². The number of halogens is 1. The molecule has 1 aromatic carbocycles. The van der Waals surface area contributed by atoms with E-state index in [1.165, 1.54) is 13.2 Å². The summed E-state index contributed by atoms with van der Waals surface area (Å²) in [4.78, 5) is 0.0501. The highest BCUT2D eigenvalue weighted by atomic mass is 79.9. The van der Waals surface area contributed by atoms with Gasteiger partial charge in [0.2, 0.25) is 10.0 Å². The number of benzene rings is 1. The van der Waals surface area contributed by atoms with Gasteiger partial charge in [-0.1, -0.05) is 29.8 Å². The summed E-state index contributed by atoms with van der Waals surface area (Å²) in [5.41, 5.74) is -0.855. The highest BCUT2D eigenvalue weighted by molar-refractivity contribution is 9.10. The first kappa shape index (κ1) is 17.4. The molecule has 0 saturated heterocycles. The minimum absolute atomic E-state index is 0.0501. The molecule has 0 aromatic heterocycles. The Morgan fingerprint density at radius 1 is 1.35 bits per heavy atom. The summed E-state index contributed by atoms with van der Waals surface area (Å²) in [5.74, 6) is 0.264. The normalized spacial score (nSPS) is 12.4. The molecule has 0 aliphatic carbocycles. The van der Waals surface area contributed by atoms with Crippen LogP contribution < -0.4 is 9.46 Å². The Morgan fingerprint density at radius 2 is 1.95 bits per heavy atom. The van der Waals surface area contributed by atoms with E-state index in [1.54, 1.807) is 12.1 Å². The predicted octanol–water partition coefficient (Wildman–Crippen LogP) is 2.29. The maximum Gasteiger partial charge on any atom is 0.244 e. The van der Waals surface area contributed by atoms with Crippen LogP contribution in [0, 0.1) is 0 Å². The van der Waals surface area contributed by atoms with E-state index in [1.807, 2.05) is 13.8 Å². The lowest BCUT2D eigenvalue weighted by molar-refractivity contribution is 0.172. The smallest absolute Gasteiger partial charge is 0.244 e. The third-order valence-corrected chi connectivity index (χ3v) is 5.52. The number of aliphatic hydroxyl groups is 1. The fraction of sp³-hybridized carbons (Fsp3) is 0.538. The number of sulfonamides is 1. The Kier molecular flexibility index (Phi) is 6.00. The van der Waals surface area contributed by atoms with Crippen molar-refractivity contribution in [1.29, 1.82) is 0 Å². The van der Waals surface area contributed by atoms with Crippen LogP contribution in [0.2, 0.25) is 0 Å². The van der Waals surface area contributed by atoms with Crippen LogP contribution in [-0.4, -0.2) is 32.8 Å². The zero-order valence-corrected chi connectivity index (χ0v) is 14.2. The Hall–Kier alpha value is -0.630. The molecule has 0 radical (unpaired) electrons. The summed E-state index contributed by atoms with van der Waals surface area (Å²) in [7, 11) is -2.37. The largest absolute Gasteiger partial charge is 0.495 e. The zero-order valence-electron chi connectivity index (χ0n) is 11.8. The standard InChI is InChI=1S/C13H20BrNO4S/c1-4-13(5-2,9-16)15-20(17,18)12-8-10(14)6-7-11(12)19-3/h6-8,15-16H,4-5,9H2,1-3H3. The molecular formula is C13H20BrNO4S. The molecule has 0 heterocycles. The van der Waals surface area contributed by atoms with E-state index in [2.05, 4.69) is 20.7 Å². The van der Waals surface area contributed by atoms with Gasteiger partial charge in [-0.15, -0.1) is 0 Å². The second-order valence-corrected chi connectivity index (χ2v) is 7.11. The molecule has 1 aromatic rings. The molecule has 0 unspecified atom stereocenters. The molecule has 20 heavy (non-hydrogen) atoms. The van der Waals surface area contributed by atoms with E-state index in [0.717, 1.165) is 0 Å². The van der Waals surface area contributed by atoms with Crippen molar-refractivity contribution in [2.75, 3.05) is 13.7 Å². The molecule has 7 heteroatoms. The summed E-state index contributed by atoms with van der Waals surface area (Å²) < 4.78 is 33.4. The first-order valence-corrected chi connectivity index (χ1v) is 8.60. The van der Waals surface area contributed by atoms with Crippen LogP contribution in [0.3, 0.4) is 0 Å². The second kappa shape index (κ2) is 6.89. The Balaban J connectivity index is 3.27. The molecule has 0 amide bonds. The number of hydrogen-bond donors (Lipinski definition) is 2. The van der Waals surface area contributed by atoms with Gasteiger partial charge in [-0.25, -0.2) is 13.1 Å². The van der Waals surface area contributed by atoms with Crippen molar-refractivity contribution < 1.29 is 18.3 Å². The van der Waals surface area contributed by atoms with Crippen molar-refractivity contribution in [3.05, 3.63) is 22.7 Å². The summed E-state index contributed by atoms with van der Waals surface area (Å²) >= 11 is 3.25. The van der Waals surface area contributed by atoms with Crippen LogP contribution in [-0.2, 0) is 10.0 Å². The van der Waals surface area contributed by atoms with Gasteiger partial charge < -0.3 is 9.84 Å². The average Bonchev–Trinajstić information content (AvgIpc) is 2.45. The van der Waals surface area contributed by atoms with Crippen LogP contribution in [0.1, 0.15) is 26.7 Å². The minimum atomic E-state index is -3.78. The van der Waals surface area contributed by atoms with E-state index in [-0.39, 0.29) is 17.3 Å². The molecule has 2 N–H and O–H groups in total. The van der Waals surface area contributed by atoms with Gasteiger partial charge in [-0.2, -0.15) is 0 Å². The quantitative estimate of drug-likeness (QED) is 0.777. The van der Waals surface area contributed by atoms with Gasteiger partial charge in [0.05, 0.1) is 19.3 Å². The van der Waals surface area contributed by atoms with Gasteiger partial charge in [0.15, 0.2) is 0 Å². The fourth-order valence-corrected chi connectivity index (χ4v) is 4.09. The third kappa shape index (κ3) is 3.72. The molecule has 1 rings (SSSR count). The first-order chi connectivity index (χ1) is 9.34. The number of aliphatic hydroxyl groups excluding tert-OH is 1. The lowest BCUT2D eigenvalue weighted by Crippen LogP contribution is -2.50. The molecule has 114 valence electrons. The van der Waals surface area contributed by atoms with Gasteiger partial charge in [-0.05, 0) is 31.0 Å². The molecule has 0 aliphatic heterocycles. The highest BCUT2D eigenvalue weighted by Gasteiger charge is 2.33. The van der Waals surface area contributed by atoms with Crippen molar-refractivity contribution in [3.8, 4) is 5.75 Å². The van der Waals surface area contributed by atoms with Crippen LogP contribution in [0.4, 0.5) is 0 Å². The van der Waals surface area contributed by atoms with E-state index in [0.29, 0.717) is 17.3 Å². The Bertz CT molecular complexity index is 547. The predicted molar refractivity (Wildman–Crippen MR) is 81.4 cm³/mol. The zero-order chi connectivity index (χ0) is 15.4. The lowest BCUT2D eigenvalue weighted by atomic mass is 9.96. The average molecular weight is 366 g/mol. The highest BCUT2D eigenvalue weighted by Crippen LogP contribution is 2.29. The lowest BCUT2D eigenvalue weighted by Gasteiger charge is -2.30. The number of hydrogen-bond acceptors (Lipinski definition) is 4. The molecule has 0 saturated carbocycles. The van der Waals surface area contributed by atoms with E-state index < -0.39 is 15.6 Å². The molecular weight excluding hydrogens is 346 g/mol. The van der Waals surface area contributed by atoms with Gasteiger partial charge in [-0.3, -0.25) is 0 Å². The number of ether oxygens (including phenoxy) is 1. The number of nitrogens with one attached hydrogen (secondary N) is 1. The Labute approximate surface area is 128 Å². The molecule has 0 bridgehead atoms. The fourth-order valence-electron chi connectivity index (χ4n) is 1.85.